The summed E-state index contributed by atoms with van der Waals surface area (Å²) < 4.78 is 62.1. The van der Waals surface area contributed by atoms with Crippen LogP contribution in [-0.2, 0) is 16.4 Å². The van der Waals surface area contributed by atoms with Crippen molar-refractivity contribution in [2.24, 2.45) is 0 Å². The van der Waals surface area contributed by atoms with Gasteiger partial charge < -0.3 is 0 Å². The first-order valence-corrected chi connectivity index (χ1v) is 10.5. The van der Waals surface area contributed by atoms with Gasteiger partial charge in [-0.05, 0) is 35.4 Å². The van der Waals surface area contributed by atoms with Crippen LogP contribution in [0.25, 0.3) is 22.3 Å². The van der Waals surface area contributed by atoms with Crippen molar-refractivity contribution in [2.75, 3.05) is 6.26 Å². The van der Waals surface area contributed by atoms with Gasteiger partial charge in [0.1, 0.15) is 6.54 Å². The molecule has 162 valence electrons. The molecule has 0 unspecified atom stereocenters. The van der Waals surface area contributed by atoms with Crippen LogP contribution in [0.5, 0.6) is 0 Å². The molecule has 0 saturated carbocycles. The van der Waals surface area contributed by atoms with Gasteiger partial charge in [0.15, 0.2) is 9.84 Å². The number of sulfone groups is 1. The molecule has 3 rings (SSSR count). The Morgan fingerprint density at radius 2 is 1.58 bits per heavy atom. The number of hydrogen-bond donors (Lipinski definition) is 0. The number of alkyl halides is 3. The van der Waals surface area contributed by atoms with Crippen LogP contribution >= 0.6 is 0 Å². The van der Waals surface area contributed by atoms with Crippen LogP contribution in [0.2, 0.25) is 0 Å². The molecule has 0 amide bonds. The van der Waals surface area contributed by atoms with E-state index in [4.69, 9.17) is 0 Å². The van der Waals surface area contributed by atoms with E-state index in [0.717, 1.165) is 24.6 Å². The summed E-state index contributed by atoms with van der Waals surface area (Å²) in [5.74, 6) is 0. The zero-order valence-electron chi connectivity index (χ0n) is 15.8. The molecule has 31 heavy (non-hydrogen) atoms. The maximum atomic E-state index is 12.9. The maximum absolute atomic E-state index is 12.9. The van der Waals surface area contributed by atoms with Gasteiger partial charge >= 0.3 is 6.18 Å². The summed E-state index contributed by atoms with van der Waals surface area (Å²) in [7, 11) is -3.48. The quantitative estimate of drug-likeness (QED) is 0.432. The van der Waals surface area contributed by atoms with Gasteiger partial charge in [0.05, 0.1) is 21.6 Å². The number of benzene rings is 2. The second kappa shape index (κ2) is 7.95. The molecule has 0 aliphatic rings. The summed E-state index contributed by atoms with van der Waals surface area (Å²) in [5, 5.41) is 14.5. The molecule has 0 N–H and O–H groups in total. The highest BCUT2D eigenvalue weighted by Gasteiger charge is 2.30. The van der Waals surface area contributed by atoms with Crippen molar-refractivity contribution in [3.05, 3.63) is 75.2 Å². The largest absolute Gasteiger partial charge is 0.408 e. The van der Waals surface area contributed by atoms with E-state index in [1.165, 1.54) is 36.4 Å². The number of halogens is 3. The second-order valence-corrected chi connectivity index (χ2v) is 8.63. The van der Waals surface area contributed by atoms with Gasteiger partial charge in [-0.15, -0.1) is 0 Å². The molecule has 8 nitrogen and oxygen atoms in total. The van der Waals surface area contributed by atoms with E-state index in [0.29, 0.717) is 5.56 Å². The lowest BCUT2D eigenvalue weighted by molar-refractivity contribution is -0.384. The van der Waals surface area contributed by atoms with Crippen LogP contribution in [0.3, 0.4) is 0 Å². The molecule has 12 heteroatoms. The Morgan fingerprint density at radius 1 is 1.03 bits per heavy atom. The van der Waals surface area contributed by atoms with Crippen molar-refractivity contribution < 1.29 is 26.5 Å². The number of non-ortho nitro benzene ring substituents is 1. The third-order valence-corrected chi connectivity index (χ3v) is 5.46. The van der Waals surface area contributed by atoms with Gasteiger partial charge in [-0.25, -0.2) is 13.1 Å². The highest BCUT2D eigenvalue weighted by atomic mass is 32.2. The first kappa shape index (κ1) is 22.2. The average Bonchev–Trinajstić information content (AvgIpc) is 2.68. The van der Waals surface area contributed by atoms with Gasteiger partial charge in [0.25, 0.3) is 11.2 Å². The lowest BCUT2D eigenvalue weighted by Crippen LogP contribution is -2.31. The number of nitro groups is 1. The summed E-state index contributed by atoms with van der Waals surface area (Å²) >= 11 is 0. The molecular formula is C19H14F3N3O5S. The fourth-order valence-electron chi connectivity index (χ4n) is 2.90. The molecule has 1 aromatic heterocycles. The van der Waals surface area contributed by atoms with Gasteiger partial charge in [-0.3, -0.25) is 14.9 Å². The molecule has 0 bridgehead atoms. The third kappa shape index (κ3) is 4.97. The van der Waals surface area contributed by atoms with Crippen LogP contribution in [-0.4, -0.2) is 35.6 Å². The molecule has 0 spiro atoms. The van der Waals surface area contributed by atoms with Crippen LogP contribution in [0.15, 0.2) is 64.4 Å². The van der Waals surface area contributed by atoms with E-state index in [9.17, 15) is 36.5 Å². The molecule has 1 heterocycles. The maximum Gasteiger partial charge on any atom is 0.408 e. The minimum atomic E-state index is -4.69. The minimum Gasteiger partial charge on any atom is -0.267 e. The SMILES string of the molecule is CS(=O)(=O)c1ccc(-c2cnn(CC(F)(F)F)c(=O)c2-c2ccc([N+](=O)[O-])cc2)cc1. The Bertz CT molecular complexity index is 1300. The van der Waals surface area contributed by atoms with Crippen molar-refractivity contribution in [1.82, 2.24) is 9.78 Å². The Kier molecular flexibility index (Phi) is 5.68. The molecular weight excluding hydrogens is 439 g/mol. The number of nitrogens with zero attached hydrogens (tertiary/aromatic N) is 3. The second-order valence-electron chi connectivity index (χ2n) is 6.61. The van der Waals surface area contributed by atoms with Gasteiger partial charge in [-0.2, -0.15) is 18.3 Å². The zero-order chi connectivity index (χ0) is 23.0. The van der Waals surface area contributed by atoms with Crippen LogP contribution in [0.1, 0.15) is 0 Å². The lowest BCUT2D eigenvalue weighted by Gasteiger charge is -2.14. The van der Waals surface area contributed by atoms with Gasteiger partial charge in [-0.1, -0.05) is 12.1 Å². The topological polar surface area (TPSA) is 112 Å². The van der Waals surface area contributed by atoms with E-state index in [-0.39, 0.29) is 32.0 Å². The lowest BCUT2D eigenvalue weighted by atomic mass is 9.97. The monoisotopic (exact) mass is 453 g/mol. The highest BCUT2D eigenvalue weighted by molar-refractivity contribution is 7.90. The summed E-state index contributed by atoms with van der Waals surface area (Å²) in [5.41, 5.74) is -0.817. The van der Waals surface area contributed by atoms with Gasteiger partial charge in [0, 0.05) is 24.0 Å². The Hall–Kier alpha value is -3.54. The number of aromatic nitrogens is 2. The minimum absolute atomic E-state index is 0.0199. The van der Waals surface area contributed by atoms with Crippen molar-refractivity contribution in [3.63, 3.8) is 0 Å². The smallest absolute Gasteiger partial charge is 0.267 e. The predicted molar refractivity (Wildman–Crippen MR) is 105 cm³/mol. The molecule has 0 aliphatic heterocycles. The third-order valence-electron chi connectivity index (χ3n) is 4.33. The fraction of sp³-hybridized carbons (Fsp3) is 0.158. The van der Waals surface area contributed by atoms with E-state index in [1.54, 1.807) is 0 Å². The summed E-state index contributed by atoms with van der Waals surface area (Å²) in [6.45, 7) is -1.61. The van der Waals surface area contributed by atoms with Crippen LogP contribution in [0.4, 0.5) is 18.9 Å². The first-order chi connectivity index (χ1) is 14.4. The average molecular weight is 453 g/mol. The molecule has 3 aromatic rings. The molecule has 0 fully saturated rings. The standard InChI is InChI=1S/C19H14F3N3O5S/c1-31(29,30)15-8-4-12(5-9-15)16-10-23-24(11-19(20,21)22)18(26)17(16)13-2-6-14(7-3-13)25(27)28/h2-10H,11H2,1H3. The Balaban J connectivity index is 2.22. The fourth-order valence-corrected chi connectivity index (χ4v) is 3.53. The van der Waals surface area contributed by atoms with E-state index >= 15 is 0 Å². The first-order valence-electron chi connectivity index (χ1n) is 8.59. The highest BCUT2D eigenvalue weighted by Crippen LogP contribution is 2.31. The number of hydrogen-bond acceptors (Lipinski definition) is 6. The summed E-state index contributed by atoms with van der Waals surface area (Å²) in [4.78, 5) is 23.1. The summed E-state index contributed by atoms with van der Waals surface area (Å²) in [6.07, 6.45) is -2.61. The van der Waals surface area contributed by atoms with Crippen LogP contribution < -0.4 is 5.56 Å². The van der Waals surface area contributed by atoms with Crippen molar-refractivity contribution in [2.45, 2.75) is 17.6 Å². The van der Waals surface area contributed by atoms with Crippen molar-refractivity contribution in [3.8, 4) is 22.3 Å². The van der Waals surface area contributed by atoms with Crippen LogP contribution in [0, 0.1) is 10.1 Å². The molecule has 2 aromatic carbocycles. The molecule has 0 atom stereocenters. The Morgan fingerprint density at radius 3 is 2.06 bits per heavy atom. The van der Waals surface area contributed by atoms with Crippen molar-refractivity contribution in [1.29, 1.82) is 0 Å². The molecule has 0 saturated heterocycles. The van der Waals surface area contributed by atoms with Gasteiger partial charge in [0.2, 0.25) is 0 Å². The summed E-state index contributed by atoms with van der Waals surface area (Å²) in [6, 6.07) is 10.1. The molecule has 0 aliphatic carbocycles. The van der Waals surface area contributed by atoms with Crippen molar-refractivity contribution >= 4 is 15.5 Å². The van der Waals surface area contributed by atoms with E-state index < -0.39 is 33.0 Å². The predicted octanol–water partition coefficient (Wildman–Crippen LogP) is 3.45. The van der Waals surface area contributed by atoms with E-state index in [1.807, 2.05) is 0 Å². The number of nitro benzene ring substituents is 1. The Labute approximate surface area is 173 Å². The normalized spacial score (nSPS) is 12.0. The van der Waals surface area contributed by atoms with E-state index in [2.05, 4.69) is 5.10 Å². The zero-order valence-corrected chi connectivity index (χ0v) is 16.6. The number of rotatable bonds is 5. The molecule has 0 radical (unpaired) electrons.